The highest BCUT2D eigenvalue weighted by Gasteiger charge is 2.21. The molecular weight excluding hydrogens is 202 g/mol. The highest BCUT2D eigenvalue weighted by atomic mass is 16.1. The van der Waals surface area contributed by atoms with E-state index in [9.17, 15) is 9.59 Å². The minimum Gasteiger partial charge on any atom is -0.308 e. The van der Waals surface area contributed by atoms with Crippen LogP contribution >= 0.6 is 0 Å². The van der Waals surface area contributed by atoms with Crippen molar-refractivity contribution in [1.29, 1.82) is 0 Å². The van der Waals surface area contributed by atoms with E-state index in [1.165, 1.54) is 17.1 Å². The first-order valence-corrected chi connectivity index (χ1v) is 5.95. The van der Waals surface area contributed by atoms with Crippen LogP contribution in [0, 0.1) is 5.92 Å². The maximum Gasteiger partial charge on any atom is 0.250 e. The first kappa shape index (κ1) is 11.1. The number of carbonyl (C=O) groups is 1. The molecule has 1 aromatic rings. The molecule has 1 fully saturated rings. The lowest BCUT2D eigenvalue weighted by atomic mass is 9.86. The van der Waals surface area contributed by atoms with Crippen LogP contribution in [-0.4, -0.2) is 10.4 Å². The Morgan fingerprint density at radius 2 is 2.00 bits per heavy atom. The number of aromatic nitrogens is 1. The van der Waals surface area contributed by atoms with Crippen LogP contribution in [0.5, 0.6) is 0 Å². The largest absolute Gasteiger partial charge is 0.308 e. The van der Waals surface area contributed by atoms with Crippen LogP contribution in [-0.2, 0) is 11.3 Å². The molecule has 16 heavy (non-hydrogen) atoms. The SMILES string of the molecule is O=C(Cn1ccccc1=O)C1CCCCC1. The van der Waals surface area contributed by atoms with Crippen LogP contribution in [0.4, 0.5) is 0 Å². The molecule has 1 aliphatic rings. The van der Waals surface area contributed by atoms with Gasteiger partial charge in [0.15, 0.2) is 5.78 Å². The molecule has 3 heteroatoms. The quantitative estimate of drug-likeness (QED) is 0.780. The topological polar surface area (TPSA) is 39.1 Å². The third-order valence-electron chi connectivity index (χ3n) is 3.29. The Morgan fingerprint density at radius 3 is 2.69 bits per heavy atom. The van der Waals surface area contributed by atoms with Crippen molar-refractivity contribution >= 4 is 5.78 Å². The third kappa shape index (κ3) is 2.60. The van der Waals surface area contributed by atoms with E-state index in [-0.39, 0.29) is 23.8 Å². The molecule has 0 saturated heterocycles. The predicted octanol–water partition coefficient (Wildman–Crippen LogP) is 2.00. The molecule has 0 unspecified atom stereocenters. The number of hydrogen-bond acceptors (Lipinski definition) is 2. The fourth-order valence-electron chi connectivity index (χ4n) is 2.31. The summed E-state index contributed by atoms with van der Waals surface area (Å²) >= 11 is 0. The Hall–Kier alpha value is -1.38. The van der Waals surface area contributed by atoms with Gasteiger partial charge in [-0.2, -0.15) is 0 Å². The van der Waals surface area contributed by atoms with Crippen molar-refractivity contribution in [3.8, 4) is 0 Å². The second-order valence-corrected chi connectivity index (χ2v) is 4.47. The zero-order chi connectivity index (χ0) is 11.4. The van der Waals surface area contributed by atoms with Crippen LogP contribution in [0.3, 0.4) is 0 Å². The van der Waals surface area contributed by atoms with Crippen LogP contribution in [0.25, 0.3) is 0 Å². The van der Waals surface area contributed by atoms with E-state index < -0.39 is 0 Å². The standard InChI is InChI=1S/C13H17NO2/c15-12(11-6-2-1-3-7-11)10-14-9-5-4-8-13(14)16/h4-5,8-9,11H,1-3,6-7,10H2. The molecule has 1 aliphatic carbocycles. The maximum absolute atomic E-state index is 12.0. The van der Waals surface area contributed by atoms with E-state index in [4.69, 9.17) is 0 Å². The number of carbonyl (C=O) groups excluding carboxylic acids is 1. The smallest absolute Gasteiger partial charge is 0.250 e. The van der Waals surface area contributed by atoms with Crippen molar-refractivity contribution in [2.24, 2.45) is 5.92 Å². The summed E-state index contributed by atoms with van der Waals surface area (Å²) in [4.78, 5) is 23.4. The summed E-state index contributed by atoms with van der Waals surface area (Å²) < 4.78 is 1.50. The minimum atomic E-state index is -0.0911. The van der Waals surface area contributed by atoms with Gasteiger partial charge in [-0.25, -0.2) is 0 Å². The maximum atomic E-state index is 12.0. The third-order valence-corrected chi connectivity index (χ3v) is 3.29. The average Bonchev–Trinajstić information content (AvgIpc) is 2.33. The predicted molar refractivity (Wildman–Crippen MR) is 62.3 cm³/mol. The van der Waals surface area contributed by atoms with Crippen LogP contribution in [0.1, 0.15) is 32.1 Å². The summed E-state index contributed by atoms with van der Waals surface area (Å²) in [7, 11) is 0. The van der Waals surface area contributed by atoms with Gasteiger partial charge < -0.3 is 4.57 Å². The summed E-state index contributed by atoms with van der Waals surface area (Å²) in [6.07, 6.45) is 7.24. The molecule has 3 nitrogen and oxygen atoms in total. The fourth-order valence-corrected chi connectivity index (χ4v) is 2.31. The first-order chi connectivity index (χ1) is 7.77. The van der Waals surface area contributed by atoms with Crippen LogP contribution < -0.4 is 5.56 Å². The van der Waals surface area contributed by atoms with Crippen molar-refractivity contribution in [3.05, 3.63) is 34.7 Å². The van der Waals surface area contributed by atoms with Gasteiger partial charge in [0.1, 0.15) is 0 Å². The van der Waals surface area contributed by atoms with Crippen molar-refractivity contribution in [1.82, 2.24) is 4.57 Å². The Kier molecular flexibility index (Phi) is 3.54. The second kappa shape index (κ2) is 5.10. The molecule has 0 bridgehead atoms. The molecule has 0 spiro atoms. The number of ketones is 1. The zero-order valence-corrected chi connectivity index (χ0v) is 9.39. The summed E-state index contributed by atoms with van der Waals surface area (Å²) in [6, 6.07) is 4.98. The molecule has 1 aromatic heterocycles. The molecule has 0 N–H and O–H groups in total. The van der Waals surface area contributed by atoms with Crippen LogP contribution in [0.2, 0.25) is 0 Å². The van der Waals surface area contributed by atoms with Crippen LogP contribution in [0.15, 0.2) is 29.2 Å². The Labute approximate surface area is 95.1 Å². The highest BCUT2D eigenvalue weighted by molar-refractivity contribution is 5.80. The molecule has 1 saturated carbocycles. The normalized spacial score (nSPS) is 17.2. The lowest BCUT2D eigenvalue weighted by Gasteiger charge is -2.20. The summed E-state index contributed by atoms with van der Waals surface area (Å²) in [5, 5.41) is 0. The Balaban J connectivity index is 2.01. The minimum absolute atomic E-state index is 0.0911. The molecule has 0 amide bonds. The van der Waals surface area contributed by atoms with Crippen molar-refractivity contribution < 1.29 is 4.79 Å². The first-order valence-electron chi connectivity index (χ1n) is 5.95. The number of pyridine rings is 1. The van der Waals surface area contributed by atoms with Gasteiger partial charge in [-0.15, -0.1) is 0 Å². The molecule has 0 aliphatic heterocycles. The van der Waals surface area contributed by atoms with Gasteiger partial charge in [-0.05, 0) is 18.9 Å². The van der Waals surface area contributed by atoms with Gasteiger partial charge in [0, 0.05) is 18.2 Å². The van der Waals surface area contributed by atoms with E-state index in [0.717, 1.165) is 25.7 Å². The summed E-state index contributed by atoms with van der Waals surface area (Å²) in [6.45, 7) is 0.240. The van der Waals surface area contributed by atoms with Crippen molar-refractivity contribution in [2.45, 2.75) is 38.6 Å². The van der Waals surface area contributed by atoms with E-state index in [1.807, 2.05) is 0 Å². The summed E-state index contributed by atoms with van der Waals surface area (Å²) in [5.41, 5.74) is -0.0911. The molecule has 0 atom stereocenters. The van der Waals surface area contributed by atoms with Gasteiger partial charge in [0.05, 0.1) is 6.54 Å². The molecule has 2 rings (SSSR count). The summed E-state index contributed by atoms with van der Waals surface area (Å²) in [5.74, 6) is 0.397. The highest BCUT2D eigenvalue weighted by Crippen LogP contribution is 2.24. The zero-order valence-electron chi connectivity index (χ0n) is 9.39. The molecule has 86 valence electrons. The monoisotopic (exact) mass is 219 g/mol. The Bertz CT molecular complexity index is 416. The Morgan fingerprint density at radius 1 is 1.25 bits per heavy atom. The molecule has 1 heterocycles. The fraction of sp³-hybridized carbons (Fsp3) is 0.538. The average molecular weight is 219 g/mol. The van der Waals surface area contributed by atoms with E-state index in [2.05, 4.69) is 0 Å². The van der Waals surface area contributed by atoms with E-state index in [0.29, 0.717) is 0 Å². The van der Waals surface area contributed by atoms with E-state index in [1.54, 1.807) is 18.3 Å². The van der Waals surface area contributed by atoms with Gasteiger partial charge >= 0.3 is 0 Å². The van der Waals surface area contributed by atoms with Crippen molar-refractivity contribution in [3.63, 3.8) is 0 Å². The van der Waals surface area contributed by atoms with E-state index >= 15 is 0 Å². The lowest BCUT2D eigenvalue weighted by Crippen LogP contribution is -2.27. The number of hydrogen-bond donors (Lipinski definition) is 0. The molecule has 0 aromatic carbocycles. The second-order valence-electron chi connectivity index (χ2n) is 4.47. The number of nitrogens with zero attached hydrogens (tertiary/aromatic N) is 1. The number of Topliss-reactive ketones (excluding diaryl/α,β-unsaturated/α-hetero) is 1. The lowest BCUT2D eigenvalue weighted by molar-refractivity contribution is -0.124. The van der Waals surface area contributed by atoms with Crippen molar-refractivity contribution in [2.75, 3.05) is 0 Å². The van der Waals surface area contributed by atoms with Gasteiger partial charge in [-0.3, -0.25) is 9.59 Å². The van der Waals surface area contributed by atoms with Gasteiger partial charge in [-0.1, -0.05) is 25.3 Å². The van der Waals surface area contributed by atoms with Gasteiger partial charge in [0.25, 0.3) is 5.56 Å². The molecular formula is C13H17NO2. The van der Waals surface area contributed by atoms with Gasteiger partial charge in [0.2, 0.25) is 0 Å². The molecule has 0 radical (unpaired) electrons. The number of rotatable bonds is 3.